The fraction of sp³-hybridized carbons (Fsp3) is 0.429. The summed E-state index contributed by atoms with van der Waals surface area (Å²) in [6.07, 6.45) is 1.39. The number of hydrogen-bond acceptors (Lipinski definition) is 4. The van der Waals surface area contributed by atoms with Crippen molar-refractivity contribution in [3.05, 3.63) is 30.1 Å². The van der Waals surface area contributed by atoms with Gasteiger partial charge in [0.2, 0.25) is 0 Å². The zero-order valence-corrected chi connectivity index (χ0v) is 10.8. The van der Waals surface area contributed by atoms with Crippen LogP contribution in [0.1, 0.15) is 31.7 Å². The quantitative estimate of drug-likeness (QED) is 0.833. The van der Waals surface area contributed by atoms with Crippen molar-refractivity contribution < 1.29 is 14.3 Å². The van der Waals surface area contributed by atoms with E-state index in [1.54, 1.807) is 6.92 Å². The van der Waals surface area contributed by atoms with Crippen LogP contribution < -0.4 is 0 Å². The van der Waals surface area contributed by atoms with Crippen LogP contribution in [-0.2, 0) is 9.47 Å². The molecular formula is C14H16N2O3. The Morgan fingerprint density at radius 1 is 1.53 bits per heavy atom. The second kappa shape index (κ2) is 5.01. The maximum Gasteiger partial charge on any atom is 0.420 e. The number of nitrogens with zero attached hydrogens (tertiary/aromatic N) is 2. The van der Waals surface area contributed by atoms with E-state index in [9.17, 15) is 4.79 Å². The van der Waals surface area contributed by atoms with Crippen molar-refractivity contribution in [3.8, 4) is 0 Å². The van der Waals surface area contributed by atoms with Gasteiger partial charge in [-0.3, -0.25) is 0 Å². The van der Waals surface area contributed by atoms with Crippen LogP contribution in [0.4, 0.5) is 4.79 Å². The first-order valence-electron chi connectivity index (χ1n) is 6.57. The van der Waals surface area contributed by atoms with Crippen LogP contribution in [0.3, 0.4) is 0 Å². The summed E-state index contributed by atoms with van der Waals surface area (Å²) in [6, 6.07) is 7.56. The lowest BCUT2D eigenvalue weighted by molar-refractivity contribution is 0.0994. The zero-order chi connectivity index (χ0) is 13.2. The van der Waals surface area contributed by atoms with Crippen molar-refractivity contribution in [2.75, 3.05) is 13.2 Å². The van der Waals surface area contributed by atoms with E-state index in [1.165, 1.54) is 4.57 Å². The van der Waals surface area contributed by atoms with E-state index in [0.29, 0.717) is 12.4 Å². The molecule has 0 saturated carbocycles. The van der Waals surface area contributed by atoms with Crippen LogP contribution in [0.15, 0.2) is 24.3 Å². The summed E-state index contributed by atoms with van der Waals surface area (Å²) in [5, 5.41) is 0. The molecule has 0 amide bonds. The molecule has 0 unspecified atom stereocenters. The van der Waals surface area contributed by atoms with Crippen molar-refractivity contribution in [3.63, 3.8) is 0 Å². The summed E-state index contributed by atoms with van der Waals surface area (Å²) in [5.74, 6) is 0.650. The van der Waals surface area contributed by atoms with Gasteiger partial charge in [0.1, 0.15) is 11.9 Å². The molecule has 5 nitrogen and oxygen atoms in total. The van der Waals surface area contributed by atoms with Gasteiger partial charge in [-0.1, -0.05) is 12.1 Å². The van der Waals surface area contributed by atoms with Crippen molar-refractivity contribution in [2.24, 2.45) is 0 Å². The number of ether oxygens (including phenoxy) is 2. The minimum absolute atomic E-state index is 0.114. The highest BCUT2D eigenvalue weighted by atomic mass is 16.5. The first-order chi connectivity index (χ1) is 9.31. The molecule has 0 radical (unpaired) electrons. The molecule has 100 valence electrons. The van der Waals surface area contributed by atoms with Crippen LogP contribution >= 0.6 is 0 Å². The lowest BCUT2D eigenvalue weighted by Crippen LogP contribution is -2.18. The van der Waals surface area contributed by atoms with Crippen LogP contribution in [0.25, 0.3) is 11.0 Å². The van der Waals surface area contributed by atoms with Crippen LogP contribution in [-0.4, -0.2) is 28.9 Å². The summed E-state index contributed by atoms with van der Waals surface area (Å²) in [6.45, 7) is 2.86. The third kappa shape index (κ3) is 2.10. The molecule has 0 N–H and O–H groups in total. The number of benzene rings is 1. The van der Waals surface area contributed by atoms with Crippen molar-refractivity contribution in [1.82, 2.24) is 9.55 Å². The molecule has 2 aromatic rings. The molecule has 1 saturated heterocycles. The van der Waals surface area contributed by atoms with E-state index in [2.05, 4.69) is 4.98 Å². The first kappa shape index (κ1) is 12.2. The summed E-state index contributed by atoms with van der Waals surface area (Å²) in [4.78, 5) is 16.7. The molecule has 19 heavy (non-hydrogen) atoms. The van der Waals surface area contributed by atoms with Gasteiger partial charge in [-0.25, -0.2) is 14.3 Å². The molecule has 1 aliphatic rings. The van der Waals surface area contributed by atoms with E-state index >= 15 is 0 Å². The van der Waals surface area contributed by atoms with Crippen LogP contribution in [0.2, 0.25) is 0 Å². The van der Waals surface area contributed by atoms with E-state index in [1.807, 2.05) is 24.3 Å². The van der Waals surface area contributed by atoms with E-state index < -0.39 is 0 Å². The smallest absolute Gasteiger partial charge is 0.420 e. The molecular weight excluding hydrogens is 244 g/mol. The maximum atomic E-state index is 12.1. The number of carbonyl (C=O) groups is 1. The SMILES string of the molecule is CCOC(=O)n1c([C@H]2CCCO2)nc2ccccc21. The second-order valence-electron chi connectivity index (χ2n) is 4.49. The van der Waals surface area contributed by atoms with Crippen molar-refractivity contribution >= 4 is 17.1 Å². The van der Waals surface area contributed by atoms with Crippen molar-refractivity contribution in [1.29, 1.82) is 0 Å². The third-order valence-corrected chi connectivity index (χ3v) is 3.25. The Labute approximate surface area is 111 Å². The highest BCUT2D eigenvalue weighted by Crippen LogP contribution is 2.30. The highest BCUT2D eigenvalue weighted by Gasteiger charge is 2.27. The minimum Gasteiger partial charge on any atom is -0.449 e. The van der Waals surface area contributed by atoms with Gasteiger partial charge in [0.25, 0.3) is 0 Å². The number of aromatic nitrogens is 2. The molecule has 3 rings (SSSR count). The molecule has 2 heterocycles. The summed E-state index contributed by atoms with van der Waals surface area (Å²) < 4.78 is 12.3. The standard InChI is InChI=1S/C14H16N2O3/c1-2-18-14(17)16-11-7-4-3-6-10(11)15-13(16)12-8-5-9-19-12/h3-4,6-7,12H,2,5,8-9H2,1H3/t12-/m1/s1. The molecule has 1 fully saturated rings. The number of hydrogen-bond donors (Lipinski definition) is 0. The van der Waals surface area contributed by atoms with Gasteiger partial charge in [-0.05, 0) is 31.9 Å². The summed E-state index contributed by atoms with van der Waals surface area (Å²) in [5.41, 5.74) is 1.56. The highest BCUT2D eigenvalue weighted by molar-refractivity contribution is 5.87. The Morgan fingerprint density at radius 2 is 2.37 bits per heavy atom. The Balaban J connectivity index is 2.13. The first-order valence-corrected chi connectivity index (χ1v) is 6.57. The molecule has 0 bridgehead atoms. The van der Waals surface area contributed by atoms with Gasteiger partial charge < -0.3 is 9.47 Å². The summed E-state index contributed by atoms with van der Waals surface area (Å²) >= 11 is 0. The van der Waals surface area contributed by atoms with Gasteiger partial charge in [0.05, 0.1) is 17.6 Å². The molecule has 1 aromatic carbocycles. The summed E-state index contributed by atoms with van der Waals surface area (Å²) in [7, 11) is 0. The molecule has 1 aromatic heterocycles. The van der Waals surface area contributed by atoms with Gasteiger partial charge in [0, 0.05) is 6.61 Å². The Morgan fingerprint density at radius 3 is 3.11 bits per heavy atom. The molecule has 0 spiro atoms. The number of carbonyl (C=O) groups excluding carboxylic acids is 1. The number of rotatable bonds is 2. The molecule has 1 atom stereocenters. The van der Waals surface area contributed by atoms with Gasteiger partial charge in [0.15, 0.2) is 0 Å². The largest absolute Gasteiger partial charge is 0.449 e. The van der Waals surface area contributed by atoms with E-state index in [4.69, 9.17) is 9.47 Å². The minimum atomic E-state index is -0.387. The number of imidazole rings is 1. The fourth-order valence-electron chi connectivity index (χ4n) is 2.42. The topological polar surface area (TPSA) is 53.4 Å². The Hall–Kier alpha value is -1.88. The van der Waals surface area contributed by atoms with Gasteiger partial charge in [-0.15, -0.1) is 0 Å². The van der Waals surface area contributed by atoms with Crippen LogP contribution in [0, 0.1) is 0 Å². The van der Waals surface area contributed by atoms with Gasteiger partial charge >= 0.3 is 6.09 Å². The molecule has 1 aliphatic heterocycles. The Kier molecular flexibility index (Phi) is 3.21. The zero-order valence-electron chi connectivity index (χ0n) is 10.8. The fourth-order valence-corrected chi connectivity index (χ4v) is 2.42. The monoisotopic (exact) mass is 260 g/mol. The lowest BCUT2D eigenvalue weighted by Gasteiger charge is -2.11. The maximum absolute atomic E-state index is 12.1. The normalized spacial score (nSPS) is 18.9. The van der Waals surface area contributed by atoms with Gasteiger partial charge in [-0.2, -0.15) is 0 Å². The van der Waals surface area contributed by atoms with E-state index in [0.717, 1.165) is 30.5 Å². The average molecular weight is 260 g/mol. The van der Waals surface area contributed by atoms with E-state index in [-0.39, 0.29) is 12.2 Å². The Bertz CT molecular complexity index is 600. The molecule has 5 heteroatoms. The predicted molar refractivity (Wildman–Crippen MR) is 70.1 cm³/mol. The predicted octanol–water partition coefficient (Wildman–Crippen LogP) is 2.89. The lowest BCUT2D eigenvalue weighted by atomic mass is 10.2. The average Bonchev–Trinajstić information content (AvgIpc) is 3.06. The molecule has 0 aliphatic carbocycles. The number of fused-ring (bicyclic) bond motifs is 1. The van der Waals surface area contributed by atoms with Crippen molar-refractivity contribution in [2.45, 2.75) is 25.9 Å². The third-order valence-electron chi connectivity index (χ3n) is 3.25. The second-order valence-corrected chi connectivity index (χ2v) is 4.49. The van der Waals surface area contributed by atoms with Crippen LogP contribution in [0.5, 0.6) is 0 Å². The number of para-hydroxylation sites is 2.